The average Bonchev–Trinajstić information content (AvgIpc) is 3.16. The molecule has 1 aliphatic rings. The summed E-state index contributed by atoms with van der Waals surface area (Å²) in [5, 5.41) is 3.45. The van der Waals surface area contributed by atoms with Crippen LogP contribution < -0.4 is 5.32 Å². The normalized spacial score (nSPS) is 17.8. The Bertz CT molecular complexity index is 1070. The second kappa shape index (κ2) is 7.98. The largest absolute Gasteiger partial charge is 0.468 e. The number of fused-ring (bicyclic) bond motifs is 1. The van der Waals surface area contributed by atoms with E-state index in [-0.39, 0.29) is 17.8 Å². The maximum absolute atomic E-state index is 13.7. The number of likely N-dealkylation sites (tertiary alicyclic amines) is 1. The van der Waals surface area contributed by atoms with Crippen LogP contribution in [0.3, 0.4) is 0 Å². The van der Waals surface area contributed by atoms with Crippen molar-refractivity contribution in [2.45, 2.75) is 38.3 Å². The first kappa shape index (κ1) is 20.2. The topological polar surface area (TPSA) is 84.6 Å². The Kier molecular flexibility index (Phi) is 5.38. The summed E-state index contributed by atoms with van der Waals surface area (Å²) in [4.78, 5) is 27.5. The number of methoxy groups -OCH3 is 1. The number of ether oxygens (including phenoxy) is 1. The Labute approximate surface area is 174 Å². The zero-order valence-corrected chi connectivity index (χ0v) is 17.3. The van der Waals surface area contributed by atoms with Crippen molar-refractivity contribution in [2.75, 3.05) is 25.5 Å². The van der Waals surface area contributed by atoms with Gasteiger partial charge >= 0.3 is 5.97 Å². The second-order valence-corrected chi connectivity index (χ2v) is 7.96. The van der Waals surface area contributed by atoms with Gasteiger partial charge in [-0.15, -0.1) is 0 Å². The van der Waals surface area contributed by atoms with Crippen molar-refractivity contribution in [1.29, 1.82) is 0 Å². The van der Waals surface area contributed by atoms with E-state index in [2.05, 4.69) is 25.2 Å². The highest BCUT2D eigenvalue weighted by atomic mass is 19.1. The van der Waals surface area contributed by atoms with E-state index in [1.807, 2.05) is 13.8 Å². The molecule has 9 heteroatoms. The van der Waals surface area contributed by atoms with Crippen molar-refractivity contribution in [3.8, 4) is 11.5 Å². The number of hydrogen-bond donors (Lipinski definition) is 1. The van der Waals surface area contributed by atoms with E-state index in [1.165, 1.54) is 19.4 Å². The maximum atomic E-state index is 13.7. The van der Waals surface area contributed by atoms with Crippen LogP contribution in [0.5, 0.6) is 0 Å². The monoisotopic (exact) mass is 412 g/mol. The molecule has 1 saturated heterocycles. The number of carbonyl (C=O) groups is 1. The molecule has 0 amide bonds. The first-order valence-corrected chi connectivity index (χ1v) is 9.94. The zero-order valence-electron chi connectivity index (χ0n) is 17.3. The SMILES string of the molecule is COC(=O)C(C)(C)N1CCCC(Nc2ccnc(-c3cnc4ccc(F)cn34)n2)C1. The maximum Gasteiger partial charge on any atom is 0.325 e. The van der Waals surface area contributed by atoms with Gasteiger partial charge in [-0.05, 0) is 51.4 Å². The minimum atomic E-state index is -0.688. The van der Waals surface area contributed by atoms with Gasteiger partial charge in [-0.1, -0.05) is 0 Å². The van der Waals surface area contributed by atoms with Gasteiger partial charge in [0.15, 0.2) is 5.82 Å². The van der Waals surface area contributed by atoms with Crippen LogP contribution in [0.15, 0.2) is 36.8 Å². The van der Waals surface area contributed by atoms with Gasteiger partial charge in [0, 0.05) is 25.0 Å². The smallest absolute Gasteiger partial charge is 0.325 e. The van der Waals surface area contributed by atoms with Crippen LogP contribution in [0, 0.1) is 5.82 Å². The molecule has 3 aromatic heterocycles. The molecule has 0 aromatic carbocycles. The Morgan fingerprint density at radius 2 is 2.13 bits per heavy atom. The first-order chi connectivity index (χ1) is 14.4. The molecule has 3 aromatic rings. The highest BCUT2D eigenvalue weighted by molar-refractivity contribution is 5.79. The van der Waals surface area contributed by atoms with Crippen LogP contribution in [-0.4, -0.2) is 62.0 Å². The molecule has 0 saturated carbocycles. The van der Waals surface area contributed by atoms with Gasteiger partial charge in [0.25, 0.3) is 0 Å². The van der Waals surface area contributed by atoms with Crippen LogP contribution >= 0.6 is 0 Å². The Hall–Kier alpha value is -3.07. The predicted molar refractivity (Wildman–Crippen MR) is 110 cm³/mol. The fourth-order valence-corrected chi connectivity index (χ4v) is 3.87. The first-order valence-electron chi connectivity index (χ1n) is 9.94. The second-order valence-electron chi connectivity index (χ2n) is 7.96. The molecular formula is C21H25FN6O2. The molecule has 0 radical (unpaired) electrons. The zero-order chi connectivity index (χ0) is 21.3. The van der Waals surface area contributed by atoms with Crippen LogP contribution in [0.1, 0.15) is 26.7 Å². The van der Waals surface area contributed by atoms with Gasteiger partial charge in [0.05, 0.1) is 13.3 Å². The summed E-state index contributed by atoms with van der Waals surface area (Å²) in [6, 6.07) is 4.92. The van der Waals surface area contributed by atoms with Crippen molar-refractivity contribution < 1.29 is 13.9 Å². The number of imidazole rings is 1. The number of rotatable bonds is 5. The lowest BCUT2D eigenvalue weighted by Crippen LogP contribution is -2.56. The number of aromatic nitrogens is 4. The third-order valence-electron chi connectivity index (χ3n) is 5.60. The van der Waals surface area contributed by atoms with E-state index in [0.717, 1.165) is 19.4 Å². The number of anilines is 1. The van der Waals surface area contributed by atoms with Gasteiger partial charge in [-0.2, -0.15) is 0 Å². The molecule has 0 aliphatic carbocycles. The van der Waals surface area contributed by atoms with Crippen molar-refractivity contribution >= 4 is 17.4 Å². The van der Waals surface area contributed by atoms with E-state index in [4.69, 9.17) is 4.74 Å². The Balaban J connectivity index is 1.53. The number of nitrogens with zero attached hydrogens (tertiary/aromatic N) is 5. The summed E-state index contributed by atoms with van der Waals surface area (Å²) >= 11 is 0. The highest BCUT2D eigenvalue weighted by Gasteiger charge is 2.38. The van der Waals surface area contributed by atoms with Crippen LogP contribution in [-0.2, 0) is 9.53 Å². The Morgan fingerprint density at radius 1 is 1.30 bits per heavy atom. The van der Waals surface area contributed by atoms with Crippen molar-refractivity contribution in [3.05, 3.63) is 42.6 Å². The van der Waals surface area contributed by atoms with E-state index in [0.29, 0.717) is 29.5 Å². The van der Waals surface area contributed by atoms with Crippen molar-refractivity contribution in [2.24, 2.45) is 0 Å². The summed E-state index contributed by atoms with van der Waals surface area (Å²) in [5.74, 6) is 0.536. The Morgan fingerprint density at radius 3 is 2.93 bits per heavy atom. The molecule has 0 spiro atoms. The van der Waals surface area contributed by atoms with E-state index >= 15 is 0 Å². The average molecular weight is 412 g/mol. The lowest BCUT2D eigenvalue weighted by molar-refractivity contribution is -0.153. The van der Waals surface area contributed by atoms with Crippen molar-refractivity contribution in [3.63, 3.8) is 0 Å². The molecule has 1 atom stereocenters. The van der Waals surface area contributed by atoms with Crippen LogP contribution in [0.4, 0.5) is 10.2 Å². The van der Waals surface area contributed by atoms with Gasteiger partial charge in [-0.3, -0.25) is 14.1 Å². The minimum absolute atomic E-state index is 0.130. The molecule has 1 N–H and O–H groups in total. The summed E-state index contributed by atoms with van der Waals surface area (Å²) in [5.41, 5.74) is 0.554. The van der Waals surface area contributed by atoms with Gasteiger partial charge in [0.2, 0.25) is 0 Å². The van der Waals surface area contributed by atoms with E-state index < -0.39 is 5.54 Å². The molecule has 0 bridgehead atoms. The van der Waals surface area contributed by atoms with Crippen LogP contribution in [0.2, 0.25) is 0 Å². The summed E-state index contributed by atoms with van der Waals surface area (Å²) in [6.07, 6.45) is 6.60. The fourth-order valence-electron chi connectivity index (χ4n) is 3.87. The van der Waals surface area contributed by atoms with Crippen molar-refractivity contribution in [1.82, 2.24) is 24.3 Å². The number of esters is 1. The molecule has 30 heavy (non-hydrogen) atoms. The highest BCUT2D eigenvalue weighted by Crippen LogP contribution is 2.24. The number of carbonyl (C=O) groups excluding carboxylic acids is 1. The standard InChI is InChI=1S/C21H25FN6O2/c1-21(2,20(29)30-3)27-10-4-5-15(13-27)25-17-8-9-23-19(26-17)16-11-24-18-7-6-14(22)12-28(16)18/h6-9,11-12,15H,4-5,10,13H2,1-3H3,(H,23,25,26). The third-order valence-corrected chi connectivity index (χ3v) is 5.60. The summed E-state index contributed by atoms with van der Waals surface area (Å²) in [6.45, 7) is 5.30. The van der Waals surface area contributed by atoms with Gasteiger partial charge < -0.3 is 10.1 Å². The molecule has 4 heterocycles. The minimum Gasteiger partial charge on any atom is -0.468 e. The molecule has 1 fully saturated rings. The van der Waals surface area contributed by atoms with Gasteiger partial charge in [0.1, 0.15) is 28.5 Å². The number of pyridine rings is 1. The third kappa shape index (κ3) is 3.85. The fraction of sp³-hybridized carbons (Fsp3) is 0.429. The lowest BCUT2D eigenvalue weighted by Gasteiger charge is -2.41. The molecule has 4 rings (SSSR count). The summed E-state index contributed by atoms with van der Waals surface area (Å²) in [7, 11) is 1.41. The molecule has 158 valence electrons. The van der Waals surface area contributed by atoms with E-state index in [9.17, 15) is 9.18 Å². The van der Waals surface area contributed by atoms with Gasteiger partial charge in [-0.25, -0.2) is 19.3 Å². The van der Waals surface area contributed by atoms with E-state index in [1.54, 1.807) is 28.9 Å². The molecule has 1 aliphatic heterocycles. The summed E-state index contributed by atoms with van der Waals surface area (Å²) < 4.78 is 20.3. The predicted octanol–water partition coefficient (Wildman–Crippen LogP) is 2.76. The number of hydrogen-bond acceptors (Lipinski definition) is 7. The number of halogens is 1. The molecular weight excluding hydrogens is 387 g/mol. The quantitative estimate of drug-likeness (QED) is 0.645. The lowest BCUT2D eigenvalue weighted by atomic mass is 9.96. The van der Waals surface area contributed by atoms with Crippen LogP contribution in [0.25, 0.3) is 17.2 Å². The molecule has 8 nitrogen and oxygen atoms in total. The number of piperidine rings is 1. The number of nitrogens with one attached hydrogen (secondary N) is 1. The molecule has 1 unspecified atom stereocenters.